The van der Waals surface area contributed by atoms with E-state index in [1.54, 1.807) is 0 Å². The number of nitrogens with zero attached hydrogens (tertiary/aromatic N) is 3. The van der Waals surface area contributed by atoms with Gasteiger partial charge in [-0.3, -0.25) is 4.57 Å². The number of rotatable bonds is 2. The molecule has 4 heteroatoms. The lowest BCUT2D eigenvalue weighted by Crippen LogP contribution is -2.30. The quantitative estimate of drug-likeness (QED) is 0.181. The Kier molecular flexibility index (Phi) is 5.86. The molecular formula is C49H29N3S. The van der Waals surface area contributed by atoms with Crippen LogP contribution in [0.5, 0.6) is 0 Å². The van der Waals surface area contributed by atoms with E-state index in [1.807, 2.05) is 48.0 Å². The molecule has 0 radical (unpaired) electrons. The number of thiophene rings is 1. The van der Waals surface area contributed by atoms with Crippen LogP contribution in [0.15, 0.2) is 164 Å². The van der Waals surface area contributed by atoms with Crippen LogP contribution in [0.2, 0.25) is 0 Å². The van der Waals surface area contributed by atoms with Gasteiger partial charge in [0.1, 0.15) is 11.5 Å². The van der Waals surface area contributed by atoms with Crippen molar-refractivity contribution < 1.29 is 0 Å². The van der Waals surface area contributed by atoms with Gasteiger partial charge in [-0.05, 0) is 110 Å². The molecule has 0 saturated heterocycles. The van der Waals surface area contributed by atoms with Crippen molar-refractivity contribution in [2.45, 2.75) is 5.41 Å². The molecule has 2 aliphatic carbocycles. The molecule has 0 N–H and O–H groups in total. The van der Waals surface area contributed by atoms with E-state index >= 15 is 0 Å². The van der Waals surface area contributed by atoms with Crippen molar-refractivity contribution in [3.63, 3.8) is 0 Å². The first kappa shape index (κ1) is 29.0. The van der Waals surface area contributed by atoms with Crippen molar-refractivity contribution in [1.82, 2.24) is 14.5 Å². The molecule has 53 heavy (non-hydrogen) atoms. The van der Waals surface area contributed by atoms with Gasteiger partial charge in [-0.25, -0.2) is 9.97 Å². The standard InChI is InChI=1S/C49H29N3S/c1-4-14-38-30(10-1)18-19-31-20-21-33(32-22-24-42-37(28-32)34-13-9-27-51-48(34)52(42)45-17-7-8-26-50-45)29-41(31)49(38)39-15-5-2-11-35(39)46-40(49)23-25-44-47(46)36-12-3-6-16-43(36)53-44/h1-29H. The Morgan fingerprint density at radius 3 is 2.17 bits per heavy atom. The van der Waals surface area contributed by atoms with Crippen molar-refractivity contribution in [1.29, 1.82) is 0 Å². The van der Waals surface area contributed by atoms with Crippen LogP contribution in [0.1, 0.15) is 33.4 Å². The lowest BCUT2D eigenvalue weighted by Gasteiger charge is -2.35. The highest BCUT2D eigenvalue weighted by molar-refractivity contribution is 7.26. The summed E-state index contributed by atoms with van der Waals surface area (Å²) in [4.78, 5) is 9.53. The normalized spacial score (nSPS) is 15.5. The number of aromatic nitrogens is 3. The highest BCUT2D eigenvalue weighted by Crippen LogP contribution is 2.61. The fourth-order valence-corrected chi connectivity index (χ4v) is 10.5. The Bertz CT molecular complexity index is 3180. The Morgan fingerprint density at radius 2 is 1.25 bits per heavy atom. The van der Waals surface area contributed by atoms with E-state index in [4.69, 9.17) is 9.97 Å². The Balaban J connectivity index is 1.16. The smallest absolute Gasteiger partial charge is 0.146 e. The highest BCUT2D eigenvalue weighted by Gasteiger charge is 2.49. The van der Waals surface area contributed by atoms with E-state index < -0.39 is 5.41 Å². The largest absolute Gasteiger partial charge is 0.278 e. The summed E-state index contributed by atoms with van der Waals surface area (Å²) in [6.07, 6.45) is 8.34. The molecule has 4 aromatic heterocycles. The fraction of sp³-hybridized carbons (Fsp3) is 0.0204. The predicted octanol–water partition coefficient (Wildman–Crippen LogP) is 12.5. The van der Waals surface area contributed by atoms with Gasteiger partial charge in [-0.1, -0.05) is 109 Å². The zero-order valence-corrected chi connectivity index (χ0v) is 29.3. The third-order valence-corrected chi connectivity index (χ3v) is 12.7. The topological polar surface area (TPSA) is 30.7 Å². The summed E-state index contributed by atoms with van der Waals surface area (Å²) in [7, 11) is 0. The van der Waals surface area contributed by atoms with Gasteiger partial charge in [0, 0.05) is 43.3 Å². The molecule has 1 atom stereocenters. The maximum Gasteiger partial charge on any atom is 0.146 e. The first-order valence-corrected chi connectivity index (χ1v) is 18.9. The van der Waals surface area contributed by atoms with Crippen LogP contribution in [-0.2, 0) is 5.41 Å². The summed E-state index contributed by atoms with van der Waals surface area (Å²) < 4.78 is 4.83. The second-order valence-electron chi connectivity index (χ2n) is 14.1. The fourth-order valence-electron chi connectivity index (χ4n) is 9.42. The summed E-state index contributed by atoms with van der Waals surface area (Å²) in [5.41, 5.74) is 14.3. The maximum atomic E-state index is 4.83. The summed E-state index contributed by atoms with van der Waals surface area (Å²) in [6, 6.07) is 56.0. The molecule has 3 nitrogen and oxygen atoms in total. The van der Waals surface area contributed by atoms with E-state index in [-0.39, 0.29) is 0 Å². The van der Waals surface area contributed by atoms with E-state index in [0.29, 0.717) is 0 Å². The molecule has 4 heterocycles. The predicted molar refractivity (Wildman–Crippen MR) is 221 cm³/mol. The average molecular weight is 692 g/mol. The van der Waals surface area contributed by atoms with E-state index in [9.17, 15) is 0 Å². The first-order valence-electron chi connectivity index (χ1n) is 18.1. The van der Waals surface area contributed by atoms with Crippen LogP contribution < -0.4 is 0 Å². The SMILES string of the molecule is C1=Cc2ccc(-c3ccc4c(c3)c3cccnc3n4-c3ccccn3)cc2C2(c3ccccc31)c1ccccc1-c1c2ccc2sc3ccccc3c12. The van der Waals surface area contributed by atoms with Crippen LogP contribution in [0, 0.1) is 0 Å². The van der Waals surface area contributed by atoms with E-state index in [1.165, 1.54) is 75.8 Å². The lowest BCUT2D eigenvalue weighted by molar-refractivity contribution is 0.767. The lowest BCUT2D eigenvalue weighted by atomic mass is 9.65. The van der Waals surface area contributed by atoms with Gasteiger partial charge >= 0.3 is 0 Å². The Morgan fingerprint density at radius 1 is 0.491 bits per heavy atom. The van der Waals surface area contributed by atoms with Crippen molar-refractivity contribution >= 4 is 65.6 Å². The summed E-state index contributed by atoms with van der Waals surface area (Å²) in [6.45, 7) is 0. The third-order valence-electron chi connectivity index (χ3n) is 11.6. The number of pyridine rings is 2. The molecule has 0 saturated carbocycles. The molecule has 1 spiro atoms. The minimum atomic E-state index is -0.516. The maximum absolute atomic E-state index is 4.83. The van der Waals surface area contributed by atoms with Crippen LogP contribution >= 0.6 is 11.3 Å². The monoisotopic (exact) mass is 691 g/mol. The van der Waals surface area contributed by atoms with Crippen LogP contribution in [0.25, 0.3) is 82.3 Å². The molecule has 0 bridgehead atoms. The summed E-state index contributed by atoms with van der Waals surface area (Å²) >= 11 is 1.89. The first-order chi connectivity index (χ1) is 26.3. The summed E-state index contributed by atoms with van der Waals surface area (Å²) in [5, 5.41) is 4.97. The minimum absolute atomic E-state index is 0.516. The van der Waals surface area contributed by atoms with Crippen molar-refractivity contribution in [2.24, 2.45) is 0 Å². The van der Waals surface area contributed by atoms with Gasteiger partial charge in [-0.15, -0.1) is 11.3 Å². The van der Waals surface area contributed by atoms with Crippen molar-refractivity contribution in [3.05, 3.63) is 197 Å². The van der Waals surface area contributed by atoms with Gasteiger partial charge in [0.2, 0.25) is 0 Å². The minimum Gasteiger partial charge on any atom is -0.278 e. The molecule has 12 rings (SSSR count). The molecule has 10 aromatic rings. The number of benzene rings is 6. The zero-order valence-electron chi connectivity index (χ0n) is 28.5. The van der Waals surface area contributed by atoms with Gasteiger partial charge in [-0.2, -0.15) is 0 Å². The van der Waals surface area contributed by atoms with Gasteiger partial charge in [0.05, 0.1) is 10.9 Å². The Hall–Kier alpha value is -6.62. The van der Waals surface area contributed by atoms with Gasteiger partial charge < -0.3 is 0 Å². The molecule has 0 aliphatic heterocycles. The van der Waals surface area contributed by atoms with Gasteiger partial charge in [0.15, 0.2) is 0 Å². The number of fused-ring (bicyclic) bond motifs is 16. The molecule has 0 amide bonds. The van der Waals surface area contributed by atoms with E-state index in [0.717, 1.165) is 27.8 Å². The zero-order chi connectivity index (χ0) is 34.7. The second-order valence-corrected chi connectivity index (χ2v) is 15.2. The summed E-state index contributed by atoms with van der Waals surface area (Å²) in [5.74, 6) is 0.863. The second kappa shape index (κ2) is 10.7. The Labute approximate surface area is 309 Å². The molecule has 1 unspecified atom stereocenters. The van der Waals surface area contributed by atoms with Crippen molar-refractivity contribution in [2.75, 3.05) is 0 Å². The van der Waals surface area contributed by atoms with Crippen LogP contribution in [0.3, 0.4) is 0 Å². The molecule has 246 valence electrons. The van der Waals surface area contributed by atoms with Gasteiger partial charge in [0.25, 0.3) is 0 Å². The molecular weight excluding hydrogens is 663 g/mol. The van der Waals surface area contributed by atoms with Crippen LogP contribution in [-0.4, -0.2) is 14.5 Å². The molecule has 6 aromatic carbocycles. The number of hydrogen-bond acceptors (Lipinski definition) is 3. The molecule has 0 fully saturated rings. The van der Waals surface area contributed by atoms with Crippen molar-refractivity contribution in [3.8, 4) is 28.1 Å². The average Bonchev–Trinajstić information content (AvgIpc) is 3.83. The van der Waals surface area contributed by atoms with E-state index in [2.05, 4.69) is 144 Å². The molecule has 2 aliphatic rings. The number of hydrogen-bond donors (Lipinski definition) is 0. The third kappa shape index (κ3) is 3.83. The highest BCUT2D eigenvalue weighted by atomic mass is 32.1. The van der Waals surface area contributed by atoms with Crippen LogP contribution in [0.4, 0.5) is 0 Å².